The number of nitrogens with one attached hydrogen (secondary N) is 1. The summed E-state index contributed by atoms with van der Waals surface area (Å²) in [4.78, 5) is 3.90. The van der Waals surface area contributed by atoms with Crippen molar-refractivity contribution in [2.75, 3.05) is 0 Å². The second kappa shape index (κ2) is 5.91. The summed E-state index contributed by atoms with van der Waals surface area (Å²) in [5.74, 6) is 0.511. The van der Waals surface area contributed by atoms with Crippen LogP contribution in [0.3, 0.4) is 0 Å². The highest BCUT2D eigenvalue weighted by Crippen LogP contribution is 2.23. The minimum Gasteiger partial charge on any atom is -0.489 e. The van der Waals surface area contributed by atoms with E-state index in [1.807, 2.05) is 0 Å². The molecule has 0 amide bonds. The molecule has 6 heteroatoms. The standard InChI is InChI=1S/C13H11Cl2N3O/c14-11-5-9(1-2-10(11)13(16)17)19-7-8-3-4-18-6-12(8)15/h1-6H,7H2,(H3,16,17). The van der Waals surface area contributed by atoms with Gasteiger partial charge in [0.25, 0.3) is 0 Å². The lowest BCUT2D eigenvalue weighted by atomic mass is 10.2. The van der Waals surface area contributed by atoms with Crippen molar-refractivity contribution in [1.29, 1.82) is 5.41 Å². The lowest BCUT2D eigenvalue weighted by Crippen LogP contribution is -2.11. The Morgan fingerprint density at radius 1 is 1.26 bits per heavy atom. The van der Waals surface area contributed by atoms with Crippen LogP contribution in [0.15, 0.2) is 36.7 Å². The smallest absolute Gasteiger partial charge is 0.124 e. The fourth-order valence-electron chi connectivity index (χ4n) is 1.49. The van der Waals surface area contributed by atoms with Crippen molar-refractivity contribution >= 4 is 29.0 Å². The highest BCUT2D eigenvalue weighted by Gasteiger charge is 2.06. The first-order valence-corrected chi connectivity index (χ1v) is 6.18. The number of amidine groups is 1. The Hall–Kier alpha value is -1.78. The van der Waals surface area contributed by atoms with Crippen molar-refractivity contribution in [3.63, 3.8) is 0 Å². The number of benzene rings is 1. The molecule has 0 unspecified atom stereocenters. The zero-order chi connectivity index (χ0) is 13.8. The molecule has 3 N–H and O–H groups in total. The van der Waals surface area contributed by atoms with Crippen LogP contribution in [0.4, 0.5) is 0 Å². The zero-order valence-electron chi connectivity index (χ0n) is 9.86. The molecule has 2 rings (SSSR count). The van der Waals surface area contributed by atoms with E-state index in [4.69, 9.17) is 39.1 Å². The minimum absolute atomic E-state index is 0.0753. The molecule has 2 aromatic rings. The second-order valence-electron chi connectivity index (χ2n) is 3.81. The lowest BCUT2D eigenvalue weighted by molar-refractivity contribution is 0.306. The second-order valence-corrected chi connectivity index (χ2v) is 4.63. The molecular weight excluding hydrogens is 285 g/mol. The first-order valence-electron chi connectivity index (χ1n) is 5.43. The molecular formula is C13H11Cl2N3O. The number of rotatable bonds is 4. The lowest BCUT2D eigenvalue weighted by Gasteiger charge is -2.09. The summed E-state index contributed by atoms with van der Waals surface area (Å²) in [6, 6.07) is 6.76. The van der Waals surface area contributed by atoms with Crippen molar-refractivity contribution in [2.24, 2.45) is 5.73 Å². The van der Waals surface area contributed by atoms with Gasteiger partial charge in [0, 0.05) is 23.5 Å². The van der Waals surface area contributed by atoms with Crippen LogP contribution < -0.4 is 10.5 Å². The van der Waals surface area contributed by atoms with E-state index in [-0.39, 0.29) is 5.84 Å². The molecule has 1 aromatic heterocycles. The van der Waals surface area contributed by atoms with Crippen molar-refractivity contribution in [2.45, 2.75) is 6.61 Å². The highest BCUT2D eigenvalue weighted by molar-refractivity contribution is 6.34. The molecule has 1 aromatic carbocycles. The summed E-state index contributed by atoms with van der Waals surface area (Å²) in [6.07, 6.45) is 3.21. The summed E-state index contributed by atoms with van der Waals surface area (Å²) >= 11 is 12.0. The van der Waals surface area contributed by atoms with Crippen molar-refractivity contribution < 1.29 is 4.74 Å². The van der Waals surface area contributed by atoms with Gasteiger partial charge in [-0.1, -0.05) is 23.2 Å². The third kappa shape index (κ3) is 3.36. The number of ether oxygens (including phenoxy) is 1. The van der Waals surface area contributed by atoms with E-state index in [0.29, 0.717) is 28.0 Å². The molecule has 0 atom stereocenters. The average molecular weight is 296 g/mol. The number of aromatic nitrogens is 1. The van der Waals surface area contributed by atoms with Gasteiger partial charge in [0.1, 0.15) is 18.2 Å². The maximum Gasteiger partial charge on any atom is 0.124 e. The molecule has 0 radical (unpaired) electrons. The maximum absolute atomic E-state index is 7.34. The van der Waals surface area contributed by atoms with E-state index >= 15 is 0 Å². The number of nitrogens with zero attached hydrogens (tertiary/aromatic N) is 1. The van der Waals surface area contributed by atoms with Crippen LogP contribution in [-0.4, -0.2) is 10.8 Å². The Morgan fingerprint density at radius 2 is 2.05 bits per heavy atom. The third-order valence-electron chi connectivity index (χ3n) is 2.48. The molecule has 0 aliphatic heterocycles. The molecule has 0 fully saturated rings. The van der Waals surface area contributed by atoms with Crippen LogP contribution >= 0.6 is 23.2 Å². The number of hydrogen-bond acceptors (Lipinski definition) is 3. The molecule has 0 saturated heterocycles. The van der Waals surface area contributed by atoms with Gasteiger partial charge in [0.05, 0.1) is 10.0 Å². The van der Waals surface area contributed by atoms with Gasteiger partial charge in [0.2, 0.25) is 0 Å². The van der Waals surface area contributed by atoms with Gasteiger partial charge in [-0.05, 0) is 24.3 Å². The molecule has 0 bridgehead atoms. The molecule has 19 heavy (non-hydrogen) atoms. The van der Waals surface area contributed by atoms with Crippen molar-refractivity contribution in [3.8, 4) is 5.75 Å². The van der Waals surface area contributed by atoms with Gasteiger partial charge in [0.15, 0.2) is 0 Å². The molecule has 0 aliphatic carbocycles. The van der Waals surface area contributed by atoms with Gasteiger partial charge in [-0.2, -0.15) is 0 Å². The number of pyridine rings is 1. The zero-order valence-corrected chi connectivity index (χ0v) is 11.4. The quantitative estimate of drug-likeness (QED) is 0.672. The maximum atomic E-state index is 7.34. The van der Waals surface area contributed by atoms with E-state index in [2.05, 4.69) is 4.98 Å². The van der Waals surface area contributed by atoms with E-state index in [1.54, 1.807) is 36.7 Å². The molecule has 0 spiro atoms. The number of nitrogen functional groups attached to an aromatic ring is 1. The largest absolute Gasteiger partial charge is 0.489 e. The van der Waals surface area contributed by atoms with Crippen LogP contribution in [0.5, 0.6) is 5.75 Å². The van der Waals surface area contributed by atoms with Gasteiger partial charge in [-0.15, -0.1) is 0 Å². The SMILES string of the molecule is N=C(N)c1ccc(OCc2ccncc2Cl)cc1Cl. The molecule has 0 saturated carbocycles. The van der Waals surface area contributed by atoms with E-state index in [0.717, 1.165) is 5.56 Å². The molecule has 4 nitrogen and oxygen atoms in total. The molecule has 0 aliphatic rings. The van der Waals surface area contributed by atoms with Crippen molar-refractivity contribution in [1.82, 2.24) is 4.98 Å². The minimum atomic E-state index is -0.0753. The van der Waals surface area contributed by atoms with E-state index in [1.165, 1.54) is 0 Å². The topological polar surface area (TPSA) is 72.0 Å². The first-order chi connectivity index (χ1) is 9.08. The summed E-state index contributed by atoms with van der Waals surface area (Å²) in [6.45, 7) is 0.317. The van der Waals surface area contributed by atoms with Gasteiger partial charge >= 0.3 is 0 Å². The number of hydrogen-bond donors (Lipinski definition) is 2. The Morgan fingerprint density at radius 3 is 2.68 bits per heavy atom. The Bertz CT molecular complexity index is 617. The summed E-state index contributed by atoms with van der Waals surface area (Å²) < 4.78 is 5.58. The Kier molecular flexibility index (Phi) is 4.24. The highest BCUT2D eigenvalue weighted by atomic mass is 35.5. The van der Waals surface area contributed by atoms with Crippen LogP contribution in [0.2, 0.25) is 10.0 Å². The van der Waals surface area contributed by atoms with Crippen LogP contribution in [0, 0.1) is 5.41 Å². The van der Waals surface area contributed by atoms with E-state index < -0.39 is 0 Å². The number of nitrogens with two attached hydrogens (primary N) is 1. The van der Waals surface area contributed by atoms with Crippen LogP contribution in [0.1, 0.15) is 11.1 Å². The van der Waals surface area contributed by atoms with Crippen molar-refractivity contribution in [3.05, 3.63) is 57.8 Å². The fraction of sp³-hybridized carbons (Fsp3) is 0.0769. The summed E-state index contributed by atoms with van der Waals surface area (Å²) in [5, 5.41) is 8.27. The van der Waals surface area contributed by atoms with Crippen LogP contribution in [-0.2, 0) is 6.61 Å². The third-order valence-corrected chi connectivity index (χ3v) is 3.13. The predicted molar refractivity (Wildman–Crippen MR) is 76.0 cm³/mol. The Balaban J connectivity index is 2.11. The normalized spacial score (nSPS) is 10.2. The average Bonchev–Trinajstić information content (AvgIpc) is 2.37. The Labute approximate surface area is 120 Å². The van der Waals surface area contributed by atoms with Gasteiger partial charge in [-0.25, -0.2) is 0 Å². The summed E-state index contributed by atoms with van der Waals surface area (Å²) in [7, 11) is 0. The predicted octanol–water partition coefficient (Wildman–Crippen LogP) is 3.25. The molecule has 1 heterocycles. The summed E-state index contributed by atoms with van der Waals surface area (Å²) in [5.41, 5.74) is 6.70. The molecule has 98 valence electrons. The fourth-order valence-corrected chi connectivity index (χ4v) is 1.93. The first kappa shape index (κ1) is 13.6. The van der Waals surface area contributed by atoms with Crippen LogP contribution in [0.25, 0.3) is 0 Å². The van der Waals surface area contributed by atoms with Gasteiger partial charge in [-0.3, -0.25) is 10.4 Å². The van der Waals surface area contributed by atoms with E-state index in [9.17, 15) is 0 Å². The number of halogens is 2. The monoisotopic (exact) mass is 295 g/mol. The van der Waals surface area contributed by atoms with Gasteiger partial charge < -0.3 is 10.5 Å².